The first-order valence-corrected chi connectivity index (χ1v) is 5.73. The Balaban J connectivity index is 0. The van der Waals surface area contributed by atoms with Crippen molar-refractivity contribution in [2.24, 2.45) is 0 Å². The minimum atomic E-state index is -3.13. The largest absolute Gasteiger partial charge is 0.384 e. The van der Waals surface area contributed by atoms with E-state index in [-0.39, 0.29) is 24.8 Å². The van der Waals surface area contributed by atoms with Crippen LogP contribution in [0.3, 0.4) is 0 Å². The van der Waals surface area contributed by atoms with E-state index < -0.39 is 10.0 Å². The average Bonchev–Trinajstić information content (AvgIpc) is 2.10. The summed E-state index contributed by atoms with van der Waals surface area (Å²) >= 11 is 0. The van der Waals surface area contributed by atoms with Gasteiger partial charge in [-0.15, -0.1) is 12.4 Å². The quantitative estimate of drug-likeness (QED) is 0.660. The van der Waals surface area contributed by atoms with Crippen LogP contribution in [0.1, 0.15) is 0 Å². The highest BCUT2D eigenvalue weighted by Gasteiger charge is 2.16. The van der Waals surface area contributed by atoms with E-state index in [0.29, 0.717) is 13.1 Å². The van der Waals surface area contributed by atoms with Crippen LogP contribution < -0.4 is 5.32 Å². The molecule has 0 amide bonds. The molecule has 0 atom stereocenters. The van der Waals surface area contributed by atoms with Gasteiger partial charge in [0.25, 0.3) is 0 Å². The molecule has 0 aliphatic rings. The van der Waals surface area contributed by atoms with Gasteiger partial charge in [0, 0.05) is 27.2 Å². The van der Waals surface area contributed by atoms with Crippen LogP contribution in [0.2, 0.25) is 0 Å². The van der Waals surface area contributed by atoms with E-state index in [9.17, 15) is 8.42 Å². The van der Waals surface area contributed by atoms with Crippen molar-refractivity contribution in [1.29, 1.82) is 0 Å². The third-order valence-corrected chi connectivity index (χ3v) is 3.51. The smallest absolute Gasteiger partial charge is 0.216 e. The van der Waals surface area contributed by atoms with Crippen LogP contribution in [-0.2, 0) is 14.8 Å². The van der Waals surface area contributed by atoms with E-state index in [2.05, 4.69) is 5.32 Å². The molecule has 0 saturated carbocycles. The second-order valence-electron chi connectivity index (χ2n) is 2.73. The lowest BCUT2D eigenvalue weighted by molar-refractivity contribution is 0.216. The standard InChI is InChI=1S/C7H18N2O3S.ClH/c1-8-4-5-9(2)13(10,11)7-6-12-3;/h8H,4-7H2,1-3H3;1H. The van der Waals surface area contributed by atoms with Crippen LogP contribution in [0.5, 0.6) is 0 Å². The zero-order valence-electron chi connectivity index (χ0n) is 8.82. The molecule has 0 saturated heterocycles. The minimum absolute atomic E-state index is 0. The summed E-state index contributed by atoms with van der Waals surface area (Å²) in [5.41, 5.74) is 0. The molecule has 0 unspecified atom stereocenters. The first-order valence-electron chi connectivity index (χ1n) is 4.12. The summed E-state index contributed by atoms with van der Waals surface area (Å²) in [5, 5.41) is 2.89. The zero-order chi connectivity index (χ0) is 10.3. The first kappa shape index (κ1) is 16.5. The average molecular weight is 247 g/mol. The number of hydrogen-bond acceptors (Lipinski definition) is 4. The summed E-state index contributed by atoms with van der Waals surface area (Å²) in [6, 6.07) is 0. The van der Waals surface area contributed by atoms with Crippen LogP contribution in [0.25, 0.3) is 0 Å². The van der Waals surface area contributed by atoms with Crippen LogP contribution in [-0.4, -0.2) is 59.4 Å². The Morgan fingerprint density at radius 1 is 1.43 bits per heavy atom. The Morgan fingerprint density at radius 2 is 2.00 bits per heavy atom. The fraction of sp³-hybridized carbons (Fsp3) is 1.00. The molecule has 0 heterocycles. The normalized spacial score (nSPS) is 11.4. The van der Waals surface area contributed by atoms with Gasteiger partial charge in [0.2, 0.25) is 10.0 Å². The molecular formula is C7H19ClN2O3S. The van der Waals surface area contributed by atoms with Gasteiger partial charge in [-0.05, 0) is 7.05 Å². The fourth-order valence-corrected chi connectivity index (χ4v) is 1.81. The SMILES string of the molecule is CNCCN(C)S(=O)(=O)CCOC.Cl. The van der Waals surface area contributed by atoms with Crippen molar-refractivity contribution < 1.29 is 13.2 Å². The van der Waals surface area contributed by atoms with Gasteiger partial charge in [0.1, 0.15) is 0 Å². The molecule has 0 aliphatic carbocycles. The van der Waals surface area contributed by atoms with Crippen LogP contribution in [0.4, 0.5) is 0 Å². The highest BCUT2D eigenvalue weighted by molar-refractivity contribution is 7.89. The highest BCUT2D eigenvalue weighted by atomic mass is 35.5. The maximum absolute atomic E-state index is 11.4. The van der Waals surface area contributed by atoms with Crippen molar-refractivity contribution in [3.8, 4) is 0 Å². The molecule has 0 aliphatic heterocycles. The third kappa shape index (κ3) is 6.56. The molecule has 0 bridgehead atoms. The van der Waals surface area contributed by atoms with Gasteiger partial charge in [-0.1, -0.05) is 0 Å². The molecule has 0 fully saturated rings. The van der Waals surface area contributed by atoms with Crippen molar-refractivity contribution in [3.63, 3.8) is 0 Å². The molecule has 1 N–H and O–H groups in total. The molecule has 0 radical (unpaired) electrons. The molecule has 88 valence electrons. The minimum Gasteiger partial charge on any atom is -0.384 e. The number of methoxy groups -OCH3 is 1. The van der Waals surface area contributed by atoms with E-state index >= 15 is 0 Å². The first-order chi connectivity index (χ1) is 6.04. The number of nitrogens with zero attached hydrogens (tertiary/aromatic N) is 1. The molecular weight excluding hydrogens is 228 g/mol. The molecule has 14 heavy (non-hydrogen) atoms. The number of likely N-dealkylation sites (N-methyl/N-ethyl adjacent to an activating group) is 2. The lowest BCUT2D eigenvalue weighted by Crippen LogP contribution is -2.35. The topological polar surface area (TPSA) is 58.6 Å². The molecule has 0 rings (SSSR count). The van der Waals surface area contributed by atoms with Crippen LogP contribution >= 0.6 is 12.4 Å². The maximum Gasteiger partial charge on any atom is 0.216 e. The van der Waals surface area contributed by atoms with Gasteiger partial charge in [-0.25, -0.2) is 12.7 Å². The monoisotopic (exact) mass is 246 g/mol. The molecule has 0 spiro atoms. The summed E-state index contributed by atoms with van der Waals surface area (Å²) in [6.07, 6.45) is 0. The maximum atomic E-state index is 11.4. The lowest BCUT2D eigenvalue weighted by atomic mass is 10.6. The van der Waals surface area contributed by atoms with Gasteiger partial charge in [-0.3, -0.25) is 0 Å². The van der Waals surface area contributed by atoms with E-state index in [1.807, 2.05) is 0 Å². The summed E-state index contributed by atoms with van der Waals surface area (Å²) < 4.78 is 28.9. The van der Waals surface area contributed by atoms with Crippen molar-refractivity contribution in [1.82, 2.24) is 9.62 Å². The Hall–Kier alpha value is 0.120. The van der Waals surface area contributed by atoms with Crippen LogP contribution in [0, 0.1) is 0 Å². The highest BCUT2D eigenvalue weighted by Crippen LogP contribution is 1.96. The van der Waals surface area contributed by atoms with Gasteiger partial charge in [-0.2, -0.15) is 0 Å². The van der Waals surface area contributed by atoms with Gasteiger partial charge in [0.15, 0.2) is 0 Å². The van der Waals surface area contributed by atoms with Crippen molar-refractivity contribution in [3.05, 3.63) is 0 Å². The summed E-state index contributed by atoms with van der Waals surface area (Å²) in [6.45, 7) is 1.39. The van der Waals surface area contributed by atoms with Gasteiger partial charge in [0.05, 0.1) is 12.4 Å². The van der Waals surface area contributed by atoms with Gasteiger partial charge < -0.3 is 10.1 Å². The van der Waals surface area contributed by atoms with Gasteiger partial charge >= 0.3 is 0 Å². The Labute approximate surface area is 92.3 Å². The third-order valence-electron chi connectivity index (χ3n) is 1.70. The van der Waals surface area contributed by atoms with E-state index in [1.54, 1.807) is 14.1 Å². The second-order valence-corrected chi connectivity index (χ2v) is 4.93. The Morgan fingerprint density at radius 3 is 2.43 bits per heavy atom. The number of hydrogen-bond donors (Lipinski definition) is 1. The zero-order valence-corrected chi connectivity index (χ0v) is 10.4. The summed E-state index contributed by atoms with van der Waals surface area (Å²) in [7, 11) is 1.72. The number of sulfonamides is 1. The predicted molar refractivity (Wildman–Crippen MR) is 59.5 cm³/mol. The van der Waals surface area contributed by atoms with E-state index in [1.165, 1.54) is 11.4 Å². The molecule has 0 aromatic rings. The van der Waals surface area contributed by atoms with E-state index in [0.717, 1.165) is 0 Å². The molecule has 0 aromatic carbocycles. The fourth-order valence-electron chi connectivity index (χ4n) is 0.753. The molecule has 0 aromatic heterocycles. The summed E-state index contributed by atoms with van der Waals surface area (Å²) in [5.74, 6) is 0.0454. The predicted octanol–water partition coefficient (Wildman–Crippen LogP) is -0.464. The van der Waals surface area contributed by atoms with E-state index in [4.69, 9.17) is 4.74 Å². The molecule has 7 heteroatoms. The number of nitrogens with one attached hydrogen (secondary N) is 1. The lowest BCUT2D eigenvalue weighted by Gasteiger charge is -2.16. The second kappa shape index (κ2) is 8.43. The van der Waals surface area contributed by atoms with Crippen molar-refractivity contribution in [2.75, 3.05) is 46.7 Å². The number of ether oxygens (including phenoxy) is 1. The number of rotatable bonds is 7. The Bertz CT molecular complexity index is 221. The van der Waals surface area contributed by atoms with Crippen molar-refractivity contribution in [2.45, 2.75) is 0 Å². The number of halogens is 1. The Kier molecular flexibility index (Phi) is 9.96. The van der Waals surface area contributed by atoms with Crippen LogP contribution in [0.15, 0.2) is 0 Å². The van der Waals surface area contributed by atoms with Crippen molar-refractivity contribution >= 4 is 22.4 Å². The molecule has 5 nitrogen and oxygen atoms in total. The summed E-state index contributed by atoms with van der Waals surface area (Å²) in [4.78, 5) is 0.